The Hall–Kier alpha value is -6.64. The fourth-order valence-corrected chi connectivity index (χ4v) is 10.5. The highest BCUT2D eigenvalue weighted by molar-refractivity contribution is 6.41. The first-order valence-electron chi connectivity index (χ1n) is 23.8. The summed E-state index contributed by atoms with van der Waals surface area (Å²) in [5, 5.41) is 14.9. The van der Waals surface area contributed by atoms with Crippen molar-refractivity contribution in [2.45, 2.75) is 105 Å². The number of aromatic nitrogens is 2. The minimum atomic E-state index is 0.0555. The van der Waals surface area contributed by atoms with Crippen molar-refractivity contribution in [1.29, 1.82) is 0 Å². The van der Waals surface area contributed by atoms with E-state index in [4.69, 9.17) is 9.97 Å². The van der Waals surface area contributed by atoms with Gasteiger partial charge >= 0.3 is 0 Å². The third kappa shape index (κ3) is 6.66. The van der Waals surface area contributed by atoms with Gasteiger partial charge in [0.2, 0.25) is 0 Å². The van der Waals surface area contributed by atoms with Gasteiger partial charge < -0.3 is 0 Å². The van der Waals surface area contributed by atoms with Gasteiger partial charge in [0.05, 0.1) is 22.8 Å². The Morgan fingerprint density at radius 2 is 0.379 bits per heavy atom. The fraction of sp³-hybridized carbons (Fsp3) is 0.250. The standard InChI is InChI=1S/C64H60N2/c1-61(2,3)41-21-13-37(14-22-41)57-49-33-29-45-47-31-35-51-56-52(60(40-19-27-44(28-20-40)64(10,11)12)66-59(51)39-17-25-43(26-18-39)63(7,8)9)36-32-48(54(47)56)46-30-34-50(55(49)53(45)46)58(65-57)38-15-23-42(24-16-38)62(4,5)6/h13-36H,1-12H3. The minimum Gasteiger partial charge on any atom is -0.246 e. The number of hydrogen-bond acceptors (Lipinski definition) is 2. The predicted octanol–water partition coefficient (Wildman–Crippen LogP) is 18.1. The van der Waals surface area contributed by atoms with Gasteiger partial charge in [-0.1, -0.05) is 229 Å². The molecule has 0 aliphatic carbocycles. The molecule has 0 N–H and O–H groups in total. The number of hydrogen-bond donors (Lipinski definition) is 0. The number of fused-ring (bicyclic) bond motifs is 2. The summed E-state index contributed by atoms with van der Waals surface area (Å²) >= 11 is 0. The molecule has 0 bridgehead atoms. The van der Waals surface area contributed by atoms with Crippen LogP contribution in [-0.2, 0) is 21.7 Å². The normalized spacial score (nSPS) is 13.2. The van der Waals surface area contributed by atoms with Crippen molar-refractivity contribution >= 4 is 64.6 Å². The Kier molecular flexibility index (Phi) is 9.19. The Balaban J connectivity index is 1.23. The molecular formula is C64H60N2. The molecule has 2 aromatic heterocycles. The van der Waals surface area contributed by atoms with Crippen LogP contribution in [0.4, 0.5) is 0 Å². The summed E-state index contributed by atoms with van der Waals surface area (Å²) < 4.78 is 0. The van der Waals surface area contributed by atoms with Gasteiger partial charge in [0.1, 0.15) is 0 Å². The molecule has 11 rings (SSSR count). The quantitative estimate of drug-likeness (QED) is 0.130. The third-order valence-electron chi connectivity index (χ3n) is 14.5. The number of rotatable bonds is 4. The molecular weight excluding hydrogens is 797 g/mol. The molecule has 0 radical (unpaired) electrons. The van der Waals surface area contributed by atoms with Crippen LogP contribution in [0.15, 0.2) is 146 Å². The molecule has 326 valence electrons. The Bertz CT molecular complexity index is 3180. The zero-order valence-electron chi connectivity index (χ0n) is 40.8. The smallest absolute Gasteiger partial charge is 0.0788 e. The topological polar surface area (TPSA) is 25.8 Å². The first kappa shape index (κ1) is 42.0. The lowest BCUT2D eigenvalue weighted by molar-refractivity contribution is 0.590. The van der Waals surface area contributed by atoms with Crippen molar-refractivity contribution in [3.05, 3.63) is 168 Å². The number of nitrogens with zero attached hydrogens (tertiary/aromatic N) is 2. The van der Waals surface area contributed by atoms with Gasteiger partial charge in [0.15, 0.2) is 0 Å². The summed E-state index contributed by atoms with van der Waals surface area (Å²) in [4.78, 5) is 11.3. The number of benzene rings is 9. The molecule has 0 spiro atoms. The van der Waals surface area contributed by atoms with Gasteiger partial charge in [0, 0.05) is 54.6 Å². The van der Waals surface area contributed by atoms with Crippen LogP contribution in [0.5, 0.6) is 0 Å². The first-order chi connectivity index (χ1) is 31.3. The molecule has 0 saturated heterocycles. The Morgan fingerprint density at radius 3 is 0.561 bits per heavy atom. The maximum atomic E-state index is 5.63. The van der Waals surface area contributed by atoms with E-state index in [2.05, 4.69) is 229 Å². The zero-order valence-corrected chi connectivity index (χ0v) is 40.8. The third-order valence-corrected chi connectivity index (χ3v) is 14.5. The molecule has 11 aromatic rings. The summed E-state index contributed by atoms with van der Waals surface area (Å²) in [6.45, 7) is 27.3. The van der Waals surface area contributed by atoms with Crippen LogP contribution >= 0.6 is 0 Å². The van der Waals surface area contributed by atoms with Crippen LogP contribution in [0, 0.1) is 0 Å². The van der Waals surface area contributed by atoms with Crippen LogP contribution in [0.3, 0.4) is 0 Å². The van der Waals surface area contributed by atoms with Crippen molar-refractivity contribution in [2.24, 2.45) is 0 Å². The Morgan fingerprint density at radius 1 is 0.212 bits per heavy atom. The van der Waals surface area contributed by atoms with Crippen molar-refractivity contribution in [3.63, 3.8) is 0 Å². The monoisotopic (exact) mass is 856 g/mol. The van der Waals surface area contributed by atoms with Crippen LogP contribution in [0.1, 0.15) is 105 Å². The average Bonchev–Trinajstić information content (AvgIpc) is 3.29. The maximum absolute atomic E-state index is 5.63. The van der Waals surface area contributed by atoms with Crippen molar-refractivity contribution < 1.29 is 0 Å². The molecule has 0 amide bonds. The van der Waals surface area contributed by atoms with Crippen molar-refractivity contribution in [3.8, 4) is 45.0 Å². The van der Waals surface area contributed by atoms with E-state index < -0.39 is 0 Å². The first-order valence-corrected chi connectivity index (χ1v) is 23.8. The van der Waals surface area contributed by atoms with Gasteiger partial charge in [0.25, 0.3) is 0 Å². The van der Waals surface area contributed by atoms with E-state index >= 15 is 0 Å². The molecule has 9 aromatic carbocycles. The van der Waals surface area contributed by atoms with Crippen LogP contribution in [0.2, 0.25) is 0 Å². The summed E-state index contributed by atoms with van der Waals surface area (Å²) in [6.07, 6.45) is 0. The summed E-state index contributed by atoms with van der Waals surface area (Å²) in [7, 11) is 0. The minimum absolute atomic E-state index is 0.0555. The highest BCUT2D eigenvalue weighted by Crippen LogP contribution is 2.50. The number of pyridine rings is 2. The largest absolute Gasteiger partial charge is 0.246 e. The van der Waals surface area contributed by atoms with Crippen LogP contribution in [-0.4, -0.2) is 9.97 Å². The molecule has 0 fully saturated rings. The van der Waals surface area contributed by atoms with Gasteiger partial charge in [-0.2, -0.15) is 0 Å². The van der Waals surface area contributed by atoms with E-state index in [0.29, 0.717) is 0 Å². The Labute approximate surface area is 390 Å². The summed E-state index contributed by atoms with van der Waals surface area (Å²) in [5.41, 5.74) is 14.1. The fourth-order valence-electron chi connectivity index (χ4n) is 10.5. The van der Waals surface area contributed by atoms with E-state index in [1.54, 1.807) is 0 Å². The molecule has 2 heteroatoms. The van der Waals surface area contributed by atoms with Crippen molar-refractivity contribution in [2.75, 3.05) is 0 Å². The van der Waals surface area contributed by atoms with Gasteiger partial charge in [-0.05, 0) is 76.2 Å². The predicted molar refractivity (Wildman–Crippen MR) is 286 cm³/mol. The molecule has 0 saturated carbocycles. The van der Waals surface area contributed by atoms with E-state index in [1.807, 2.05) is 0 Å². The highest BCUT2D eigenvalue weighted by atomic mass is 14.7. The second-order valence-corrected chi connectivity index (χ2v) is 23.1. The molecule has 0 atom stereocenters. The molecule has 2 nitrogen and oxygen atoms in total. The second-order valence-electron chi connectivity index (χ2n) is 23.1. The summed E-state index contributed by atoms with van der Waals surface area (Å²) in [6, 6.07) is 55.4. The van der Waals surface area contributed by atoms with Gasteiger partial charge in [-0.15, -0.1) is 0 Å². The van der Waals surface area contributed by atoms with E-state index in [1.165, 1.54) is 86.9 Å². The molecule has 0 aliphatic rings. The maximum Gasteiger partial charge on any atom is 0.0788 e. The van der Waals surface area contributed by atoms with E-state index in [-0.39, 0.29) is 21.7 Å². The molecule has 66 heavy (non-hydrogen) atoms. The van der Waals surface area contributed by atoms with Crippen molar-refractivity contribution in [1.82, 2.24) is 9.97 Å². The molecule has 2 heterocycles. The lowest BCUT2D eigenvalue weighted by Crippen LogP contribution is -2.10. The van der Waals surface area contributed by atoms with Crippen LogP contribution in [0.25, 0.3) is 110 Å². The zero-order chi connectivity index (χ0) is 46.2. The molecule has 0 aliphatic heterocycles. The van der Waals surface area contributed by atoms with E-state index in [0.717, 1.165) is 45.0 Å². The average molecular weight is 857 g/mol. The SMILES string of the molecule is CC(C)(C)c1ccc(-c2nc(-c3ccc(C(C)(C)C)cc3)c3ccc4c5ccc6c(-c7ccc(C(C)(C)C)cc7)nc(-c7ccc(C(C)(C)C)cc7)c7ccc(c8ccc2c3c84)c5c76)cc1. The summed E-state index contributed by atoms with van der Waals surface area (Å²) in [5.74, 6) is 0. The van der Waals surface area contributed by atoms with Crippen LogP contribution < -0.4 is 0 Å². The van der Waals surface area contributed by atoms with Gasteiger partial charge in [-0.3, -0.25) is 0 Å². The lowest BCUT2D eigenvalue weighted by atomic mass is 9.82. The van der Waals surface area contributed by atoms with E-state index in [9.17, 15) is 0 Å². The second kappa shape index (κ2) is 14.4. The molecule has 0 unspecified atom stereocenters. The highest BCUT2D eigenvalue weighted by Gasteiger charge is 2.26. The lowest BCUT2D eigenvalue weighted by Gasteiger charge is -2.23. The van der Waals surface area contributed by atoms with Gasteiger partial charge in [-0.25, -0.2) is 9.97 Å².